The first-order valence-electron chi connectivity index (χ1n) is 8.18. The number of hydrogen-bond acceptors (Lipinski definition) is 3. The third kappa shape index (κ3) is 3.67. The van der Waals surface area contributed by atoms with Crippen molar-refractivity contribution in [2.24, 2.45) is 0 Å². The Hall–Kier alpha value is -2.78. The second-order valence-electron chi connectivity index (χ2n) is 5.62. The van der Waals surface area contributed by atoms with E-state index >= 15 is 0 Å². The Morgan fingerprint density at radius 1 is 0.680 bits per heavy atom. The molecule has 25 heavy (non-hydrogen) atoms. The van der Waals surface area contributed by atoms with Crippen LogP contribution in [-0.4, -0.2) is 4.98 Å². The van der Waals surface area contributed by atoms with Gasteiger partial charge in [0.15, 0.2) is 5.76 Å². The first-order valence-corrected chi connectivity index (χ1v) is 9.17. The fourth-order valence-electron chi connectivity index (χ4n) is 2.66. The minimum Gasteiger partial charge on any atom is -0.439 e. The van der Waals surface area contributed by atoms with E-state index in [0.717, 1.165) is 28.5 Å². The molecule has 1 aromatic heterocycles. The van der Waals surface area contributed by atoms with Crippen molar-refractivity contribution >= 4 is 11.8 Å². The summed E-state index contributed by atoms with van der Waals surface area (Å²) in [6.07, 6.45) is 0. The number of benzene rings is 3. The Labute approximate surface area is 151 Å². The molecule has 3 aromatic carbocycles. The van der Waals surface area contributed by atoms with Crippen LogP contribution in [0.5, 0.6) is 0 Å². The summed E-state index contributed by atoms with van der Waals surface area (Å²) in [5.41, 5.74) is 3.02. The van der Waals surface area contributed by atoms with Gasteiger partial charge in [-0.15, -0.1) is 11.8 Å². The summed E-state index contributed by atoms with van der Waals surface area (Å²) in [7, 11) is 0. The minimum atomic E-state index is 0.705. The first kappa shape index (κ1) is 15.7. The standard InChI is InChI=1S/C22H17NOS/c1-4-10-17(11-5-1)21-22(18-12-6-2-7-13-18)24-20(23-21)16-25-19-14-8-3-9-15-19/h1-15H,16H2. The van der Waals surface area contributed by atoms with Crippen LogP contribution < -0.4 is 0 Å². The van der Waals surface area contributed by atoms with Crippen molar-refractivity contribution in [1.29, 1.82) is 0 Å². The lowest BCUT2D eigenvalue weighted by Gasteiger charge is -2.00. The van der Waals surface area contributed by atoms with Crippen molar-refractivity contribution < 1.29 is 4.42 Å². The highest BCUT2D eigenvalue weighted by Gasteiger charge is 2.16. The summed E-state index contributed by atoms with van der Waals surface area (Å²) in [5, 5.41) is 0. The largest absolute Gasteiger partial charge is 0.439 e. The van der Waals surface area contributed by atoms with E-state index in [1.807, 2.05) is 54.6 Å². The topological polar surface area (TPSA) is 26.0 Å². The van der Waals surface area contributed by atoms with E-state index < -0.39 is 0 Å². The summed E-state index contributed by atoms with van der Waals surface area (Å²) < 4.78 is 6.15. The van der Waals surface area contributed by atoms with Crippen molar-refractivity contribution in [2.45, 2.75) is 10.6 Å². The van der Waals surface area contributed by atoms with Crippen LogP contribution in [0.3, 0.4) is 0 Å². The second-order valence-corrected chi connectivity index (χ2v) is 6.67. The molecule has 0 saturated carbocycles. The fourth-order valence-corrected chi connectivity index (χ4v) is 3.43. The zero-order chi connectivity index (χ0) is 16.9. The molecular formula is C22H17NOS. The molecular weight excluding hydrogens is 326 g/mol. The Bertz CT molecular complexity index is 877. The fraction of sp³-hybridized carbons (Fsp3) is 0.0455. The molecule has 1 heterocycles. The van der Waals surface area contributed by atoms with Crippen LogP contribution in [0.15, 0.2) is 100 Å². The maximum Gasteiger partial charge on any atom is 0.205 e. The Kier molecular flexibility index (Phi) is 4.66. The van der Waals surface area contributed by atoms with E-state index in [1.165, 1.54) is 4.90 Å². The van der Waals surface area contributed by atoms with Gasteiger partial charge in [0.25, 0.3) is 0 Å². The molecule has 0 amide bonds. The minimum absolute atomic E-state index is 0.705. The van der Waals surface area contributed by atoms with Gasteiger partial charge in [-0.3, -0.25) is 0 Å². The number of oxazole rings is 1. The molecule has 0 bridgehead atoms. The number of aromatic nitrogens is 1. The third-order valence-electron chi connectivity index (χ3n) is 3.86. The van der Waals surface area contributed by atoms with Gasteiger partial charge in [0, 0.05) is 16.0 Å². The average molecular weight is 343 g/mol. The molecule has 0 saturated heterocycles. The van der Waals surface area contributed by atoms with Crippen LogP contribution in [0.4, 0.5) is 0 Å². The van der Waals surface area contributed by atoms with Gasteiger partial charge in [-0.1, -0.05) is 78.9 Å². The lowest BCUT2D eigenvalue weighted by molar-refractivity contribution is 0.530. The zero-order valence-corrected chi connectivity index (χ0v) is 14.4. The van der Waals surface area contributed by atoms with Gasteiger partial charge < -0.3 is 4.42 Å². The predicted molar refractivity (Wildman–Crippen MR) is 103 cm³/mol. The maximum atomic E-state index is 6.15. The molecule has 0 aliphatic rings. The predicted octanol–water partition coefficient (Wildman–Crippen LogP) is 6.30. The molecule has 0 aliphatic heterocycles. The highest BCUT2D eigenvalue weighted by Crippen LogP contribution is 2.34. The molecule has 4 aromatic rings. The summed E-state index contributed by atoms with van der Waals surface area (Å²) in [5.74, 6) is 2.28. The molecule has 2 nitrogen and oxygen atoms in total. The van der Waals surface area contributed by atoms with E-state index in [1.54, 1.807) is 11.8 Å². The van der Waals surface area contributed by atoms with Crippen molar-refractivity contribution in [2.75, 3.05) is 0 Å². The SMILES string of the molecule is c1ccc(SCc2nc(-c3ccccc3)c(-c3ccccc3)o2)cc1. The van der Waals surface area contributed by atoms with Crippen LogP contribution in [0.25, 0.3) is 22.6 Å². The van der Waals surface area contributed by atoms with Gasteiger partial charge in [0.1, 0.15) is 5.69 Å². The van der Waals surface area contributed by atoms with Crippen molar-refractivity contribution in [3.8, 4) is 22.6 Å². The number of rotatable bonds is 5. The lowest BCUT2D eigenvalue weighted by atomic mass is 10.1. The van der Waals surface area contributed by atoms with Crippen molar-refractivity contribution in [3.63, 3.8) is 0 Å². The highest BCUT2D eigenvalue weighted by molar-refractivity contribution is 7.98. The lowest BCUT2D eigenvalue weighted by Crippen LogP contribution is -1.83. The average Bonchev–Trinajstić information content (AvgIpc) is 3.13. The zero-order valence-electron chi connectivity index (χ0n) is 13.6. The quantitative estimate of drug-likeness (QED) is 0.398. The van der Waals surface area contributed by atoms with Crippen LogP contribution in [-0.2, 0) is 5.75 Å². The molecule has 3 heteroatoms. The molecule has 0 N–H and O–H groups in total. The van der Waals surface area contributed by atoms with Crippen LogP contribution in [0.1, 0.15) is 5.89 Å². The Morgan fingerprint density at radius 2 is 1.24 bits per heavy atom. The van der Waals surface area contributed by atoms with E-state index in [4.69, 9.17) is 9.40 Å². The van der Waals surface area contributed by atoms with Gasteiger partial charge in [-0.25, -0.2) is 4.98 Å². The molecule has 0 fully saturated rings. The number of nitrogens with zero attached hydrogens (tertiary/aromatic N) is 1. The van der Waals surface area contributed by atoms with Crippen LogP contribution >= 0.6 is 11.8 Å². The molecule has 0 aliphatic carbocycles. The molecule has 0 spiro atoms. The summed E-state index contributed by atoms with van der Waals surface area (Å²) >= 11 is 1.73. The van der Waals surface area contributed by atoms with Gasteiger partial charge in [0.2, 0.25) is 5.89 Å². The summed E-state index contributed by atoms with van der Waals surface area (Å²) in [4.78, 5) is 6.00. The van der Waals surface area contributed by atoms with Gasteiger partial charge in [-0.05, 0) is 12.1 Å². The summed E-state index contributed by atoms with van der Waals surface area (Å²) in [6, 6.07) is 30.7. The van der Waals surface area contributed by atoms with E-state index in [2.05, 4.69) is 36.4 Å². The smallest absolute Gasteiger partial charge is 0.205 e. The first-order chi connectivity index (χ1) is 12.4. The summed E-state index contributed by atoms with van der Waals surface area (Å²) in [6.45, 7) is 0. The molecule has 0 radical (unpaired) electrons. The van der Waals surface area contributed by atoms with Gasteiger partial charge in [0.05, 0.1) is 5.75 Å². The van der Waals surface area contributed by atoms with Crippen LogP contribution in [0, 0.1) is 0 Å². The third-order valence-corrected chi connectivity index (χ3v) is 4.86. The molecule has 0 unspecified atom stereocenters. The highest BCUT2D eigenvalue weighted by atomic mass is 32.2. The van der Waals surface area contributed by atoms with E-state index in [-0.39, 0.29) is 0 Å². The normalized spacial score (nSPS) is 10.7. The Morgan fingerprint density at radius 3 is 1.88 bits per heavy atom. The van der Waals surface area contributed by atoms with Crippen molar-refractivity contribution in [3.05, 3.63) is 96.9 Å². The van der Waals surface area contributed by atoms with Gasteiger partial charge in [-0.2, -0.15) is 0 Å². The van der Waals surface area contributed by atoms with Crippen LogP contribution in [0.2, 0.25) is 0 Å². The monoisotopic (exact) mass is 343 g/mol. The Balaban J connectivity index is 1.68. The number of hydrogen-bond donors (Lipinski definition) is 0. The van der Waals surface area contributed by atoms with E-state index in [9.17, 15) is 0 Å². The molecule has 4 rings (SSSR count). The molecule has 0 atom stereocenters. The van der Waals surface area contributed by atoms with Gasteiger partial charge >= 0.3 is 0 Å². The second kappa shape index (κ2) is 7.41. The molecule has 122 valence electrons. The van der Waals surface area contributed by atoms with Crippen molar-refractivity contribution in [1.82, 2.24) is 4.98 Å². The number of thioether (sulfide) groups is 1. The van der Waals surface area contributed by atoms with E-state index in [0.29, 0.717) is 5.75 Å². The maximum absolute atomic E-state index is 6.15.